The van der Waals surface area contributed by atoms with Gasteiger partial charge in [-0.25, -0.2) is 9.97 Å². The van der Waals surface area contributed by atoms with Crippen molar-refractivity contribution in [2.75, 3.05) is 6.54 Å². The number of nitrogens with zero attached hydrogens (tertiary/aromatic N) is 4. The standard InChI is InChI=1S/C38H51ClN8O7/c1-5-9-26(31(48)36(52)43-24-13-14-24)44-34(50)28-18-25(54-29-15-12-23(39)19-42-29)21-47(28)37(53)32(38(2,3)4)46-35(51)30(22-10-7-6-8-11-22)45-33(49)27-20-40-16-17-41-27/h12,15-17,19-20,22,24-26,28,30,32H,5-11,13-14,18,21H2,1-4H3,(H,43,52)(H,44,50)(H,45,49)(H,46,51)/t25-,26?,28?,30+,32-/m1/s1. The Bertz CT molecular complexity index is 1660. The summed E-state index contributed by atoms with van der Waals surface area (Å²) < 4.78 is 6.11. The summed E-state index contributed by atoms with van der Waals surface area (Å²) in [6.07, 6.45) is 11.5. The second-order valence-corrected chi connectivity index (χ2v) is 15.9. The van der Waals surface area contributed by atoms with Gasteiger partial charge in [-0.3, -0.25) is 33.8 Å². The number of carbonyl (C=O) groups excluding carboxylic acids is 6. The molecule has 54 heavy (non-hydrogen) atoms. The molecule has 1 saturated heterocycles. The number of pyridine rings is 1. The third-order valence-electron chi connectivity index (χ3n) is 10.1. The molecule has 4 N–H and O–H groups in total. The van der Waals surface area contributed by atoms with Gasteiger partial charge in [-0.05, 0) is 49.5 Å². The summed E-state index contributed by atoms with van der Waals surface area (Å²) in [5.74, 6) is -3.68. The average Bonchev–Trinajstić information content (AvgIpc) is 3.88. The van der Waals surface area contributed by atoms with Crippen molar-refractivity contribution in [3.8, 4) is 5.88 Å². The van der Waals surface area contributed by atoms with Gasteiger partial charge in [0.2, 0.25) is 29.4 Å². The van der Waals surface area contributed by atoms with E-state index in [4.69, 9.17) is 16.3 Å². The fourth-order valence-corrected chi connectivity index (χ4v) is 7.10. The number of halogens is 1. The number of ketones is 1. The smallest absolute Gasteiger partial charge is 0.289 e. The van der Waals surface area contributed by atoms with Crippen LogP contribution in [0, 0.1) is 11.3 Å². The molecule has 5 amide bonds. The molecule has 3 heterocycles. The molecule has 16 heteroatoms. The maximum Gasteiger partial charge on any atom is 0.289 e. The number of aromatic nitrogens is 3. The van der Waals surface area contributed by atoms with E-state index < -0.39 is 71.0 Å². The van der Waals surface area contributed by atoms with Crippen LogP contribution in [0.3, 0.4) is 0 Å². The van der Waals surface area contributed by atoms with Crippen LogP contribution in [0.2, 0.25) is 5.02 Å². The molecule has 3 fully saturated rings. The predicted octanol–water partition coefficient (Wildman–Crippen LogP) is 2.92. The van der Waals surface area contributed by atoms with Crippen molar-refractivity contribution in [2.45, 2.75) is 128 Å². The molecule has 0 bridgehead atoms. The molecule has 2 unspecified atom stereocenters. The van der Waals surface area contributed by atoms with Crippen LogP contribution < -0.4 is 26.0 Å². The molecule has 5 rings (SSSR count). The molecule has 0 radical (unpaired) electrons. The van der Waals surface area contributed by atoms with Gasteiger partial charge < -0.3 is 30.9 Å². The predicted molar refractivity (Wildman–Crippen MR) is 198 cm³/mol. The number of rotatable bonds is 15. The number of likely N-dealkylation sites (tertiary alicyclic amines) is 1. The molecule has 3 aliphatic rings. The van der Waals surface area contributed by atoms with Crippen molar-refractivity contribution in [3.63, 3.8) is 0 Å². The molecular formula is C38H51ClN8O7. The van der Waals surface area contributed by atoms with E-state index in [1.54, 1.807) is 32.9 Å². The minimum absolute atomic E-state index is 0.0340. The van der Waals surface area contributed by atoms with Gasteiger partial charge in [-0.15, -0.1) is 0 Å². The molecule has 292 valence electrons. The van der Waals surface area contributed by atoms with E-state index in [9.17, 15) is 28.8 Å². The lowest BCUT2D eigenvalue weighted by atomic mass is 9.82. The fourth-order valence-electron chi connectivity index (χ4n) is 6.99. The van der Waals surface area contributed by atoms with Gasteiger partial charge in [0.1, 0.15) is 29.9 Å². The zero-order chi connectivity index (χ0) is 39.0. The van der Waals surface area contributed by atoms with Crippen molar-refractivity contribution < 1.29 is 33.5 Å². The molecule has 0 aromatic carbocycles. The van der Waals surface area contributed by atoms with Crippen LogP contribution in [0.1, 0.15) is 102 Å². The quantitative estimate of drug-likeness (QED) is 0.195. The molecule has 0 spiro atoms. The highest BCUT2D eigenvalue weighted by atomic mass is 35.5. The number of ether oxygens (including phenoxy) is 1. The number of nitrogens with one attached hydrogen (secondary N) is 4. The van der Waals surface area contributed by atoms with Crippen molar-refractivity contribution >= 4 is 46.9 Å². The lowest BCUT2D eigenvalue weighted by Gasteiger charge is -2.37. The molecule has 2 aliphatic carbocycles. The number of hydrogen-bond donors (Lipinski definition) is 4. The second-order valence-electron chi connectivity index (χ2n) is 15.5. The Balaban J connectivity index is 1.39. The van der Waals surface area contributed by atoms with Crippen LogP contribution in [0.5, 0.6) is 5.88 Å². The summed E-state index contributed by atoms with van der Waals surface area (Å²) in [4.78, 5) is 95.8. The minimum Gasteiger partial charge on any atom is -0.472 e. The molecular weight excluding hydrogens is 716 g/mol. The van der Waals surface area contributed by atoms with Gasteiger partial charge in [-0.2, -0.15) is 0 Å². The Hall–Kier alpha value is -4.66. The minimum atomic E-state index is -1.13. The number of amides is 5. The van der Waals surface area contributed by atoms with Gasteiger partial charge in [-0.1, -0.05) is 65.0 Å². The normalized spacial score (nSPS) is 20.6. The first kappa shape index (κ1) is 40.5. The van der Waals surface area contributed by atoms with Crippen molar-refractivity contribution in [1.82, 2.24) is 41.1 Å². The maximum absolute atomic E-state index is 14.7. The molecule has 15 nitrogen and oxygen atoms in total. The van der Waals surface area contributed by atoms with E-state index in [0.29, 0.717) is 11.4 Å². The Kier molecular flexibility index (Phi) is 13.6. The van der Waals surface area contributed by atoms with Crippen LogP contribution in [0.25, 0.3) is 0 Å². The van der Waals surface area contributed by atoms with E-state index in [0.717, 1.165) is 44.9 Å². The average molecular weight is 767 g/mol. The zero-order valence-corrected chi connectivity index (χ0v) is 32.1. The molecule has 2 aromatic rings. The summed E-state index contributed by atoms with van der Waals surface area (Å²) in [5.41, 5.74) is -0.787. The van der Waals surface area contributed by atoms with Gasteiger partial charge >= 0.3 is 0 Å². The largest absolute Gasteiger partial charge is 0.472 e. The van der Waals surface area contributed by atoms with Crippen LogP contribution in [0.15, 0.2) is 36.9 Å². The lowest BCUT2D eigenvalue weighted by molar-refractivity contribution is -0.145. The van der Waals surface area contributed by atoms with Gasteiger partial charge in [0.25, 0.3) is 11.8 Å². The van der Waals surface area contributed by atoms with Crippen molar-refractivity contribution in [2.24, 2.45) is 11.3 Å². The third-order valence-corrected chi connectivity index (χ3v) is 10.3. The first-order valence-corrected chi connectivity index (χ1v) is 19.2. The topological polar surface area (TPSA) is 202 Å². The van der Waals surface area contributed by atoms with E-state index in [1.807, 2.05) is 6.92 Å². The fraction of sp³-hybridized carbons (Fsp3) is 0.605. The third kappa shape index (κ3) is 10.7. The first-order valence-electron chi connectivity index (χ1n) is 18.9. The maximum atomic E-state index is 14.7. The summed E-state index contributed by atoms with van der Waals surface area (Å²) in [6.45, 7) is 7.21. The molecule has 5 atom stereocenters. The SMILES string of the molecule is CCCC(NC(=O)C1C[C@@H](Oc2ccc(Cl)cn2)CN1C(=O)[C@@H](NC(=O)[C@@H](NC(=O)c1cnccn1)C1CCCCC1)C(C)(C)C)C(=O)C(=O)NC1CC1. The molecule has 2 aromatic heterocycles. The van der Waals surface area contributed by atoms with Crippen LogP contribution in [0.4, 0.5) is 0 Å². The summed E-state index contributed by atoms with van der Waals surface area (Å²) in [6, 6.07) is -1.14. The Labute approximate surface area is 320 Å². The van der Waals surface area contributed by atoms with E-state index >= 15 is 0 Å². The van der Waals surface area contributed by atoms with Crippen molar-refractivity contribution in [3.05, 3.63) is 47.6 Å². The Morgan fingerprint density at radius 2 is 1.69 bits per heavy atom. The Morgan fingerprint density at radius 1 is 0.944 bits per heavy atom. The van der Waals surface area contributed by atoms with Gasteiger partial charge in [0.05, 0.1) is 23.8 Å². The molecule has 1 aliphatic heterocycles. The number of Topliss-reactive ketones (excluding diaryl/α,β-unsaturated/α-hetero) is 1. The lowest BCUT2D eigenvalue weighted by Crippen LogP contribution is -2.62. The highest BCUT2D eigenvalue weighted by Crippen LogP contribution is 2.30. The Morgan fingerprint density at radius 3 is 2.30 bits per heavy atom. The van der Waals surface area contributed by atoms with Gasteiger partial charge in [0.15, 0.2) is 0 Å². The highest BCUT2D eigenvalue weighted by molar-refractivity contribution is 6.38. The molecule has 2 saturated carbocycles. The number of carbonyl (C=O) groups is 6. The van der Waals surface area contributed by atoms with E-state index in [2.05, 4.69) is 36.2 Å². The van der Waals surface area contributed by atoms with Crippen LogP contribution in [-0.2, 0) is 24.0 Å². The zero-order valence-electron chi connectivity index (χ0n) is 31.3. The summed E-state index contributed by atoms with van der Waals surface area (Å²) >= 11 is 6.02. The number of hydrogen-bond acceptors (Lipinski definition) is 10. The summed E-state index contributed by atoms with van der Waals surface area (Å²) in [7, 11) is 0. The van der Waals surface area contributed by atoms with Crippen LogP contribution in [-0.4, -0.2) is 98.0 Å². The monoisotopic (exact) mass is 766 g/mol. The first-order chi connectivity index (χ1) is 25.7. The summed E-state index contributed by atoms with van der Waals surface area (Å²) in [5, 5.41) is 11.7. The van der Waals surface area contributed by atoms with Crippen LogP contribution >= 0.6 is 11.6 Å². The second kappa shape index (κ2) is 18.1. The van der Waals surface area contributed by atoms with E-state index in [1.165, 1.54) is 29.7 Å². The van der Waals surface area contributed by atoms with Crippen molar-refractivity contribution in [1.29, 1.82) is 0 Å². The van der Waals surface area contributed by atoms with Gasteiger partial charge in [0, 0.05) is 37.1 Å². The van der Waals surface area contributed by atoms with E-state index in [-0.39, 0.29) is 42.9 Å². The highest BCUT2D eigenvalue weighted by Gasteiger charge is 2.47.